The van der Waals surface area contributed by atoms with E-state index in [2.05, 4.69) is 21.5 Å². The molecule has 0 saturated carbocycles. The summed E-state index contributed by atoms with van der Waals surface area (Å²) in [5, 5.41) is 18.6. The number of nitrogens with one attached hydrogen (secondary N) is 1. The summed E-state index contributed by atoms with van der Waals surface area (Å²) in [7, 11) is -2.53. The summed E-state index contributed by atoms with van der Waals surface area (Å²) >= 11 is 0. The highest BCUT2D eigenvalue weighted by molar-refractivity contribution is 7.87. The third-order valence-electron chi connectivity index (χ3n) is 7.85. The van der Waals surface area contributed by atoms with Gasteiger partial charge in [0.25, 0.3) is 16.1 Å². The van der Waals surface area contributed by atoms with E-state index < -0.39 is 34.0 Å². The number of nitrogens with zero attached hydrogens (tertiary/aromatic N) is 4. The zero-order valence-corrected chi connectivity index (χ0v) is 26.5. The maximum atomic E-state index is 12.9. The third-order valence-corrected chi connectivity index (χ3v) is 9.45. The Labute approximate surface area is 264 Å². The Balaban J connectivity index is 1.40. The number of ether oxygens (including phenoxy) is 2. The van der Waals surface area contributed by atoms with E-state index >= 15 is 0 Å². The van der Waals surface area contributed by atoms with E-state index in [1.54, 1.807) is 32.0 Å². The Kier molecular flexibility index (Phi) is 11.4. The van der Waals surface area contributed by atoms with Gasteiger partial charge in [0, 0.05) is 63.3 Å². The van der Waals surface area contributed by atoms with Gasteiger partial charge < -0.3 is 19.5 Å². The van der Waals surface area contributed by atoms with Crippen molar-refractivity contribution in [2.45, 2.75) is 32.7 Å². The minimum Gasteiger partial charge on any atom is -0.492 e. The number of anilines is 1. The van der Waals surface area contributed by atoms with Gasteiger partial charge in [-0.25, -0.2) is 4.90 Å². The van der Waals surface area contributed by atoms with Crippen molar-refractivity contribution >= 4 is 27.8 Å². The summed E-state index contributed by atoms with van der Waals surface area (Å²) in [6.45, 7) is 6.49. The smallest absolute Gasteiger partial charge is 0.322 e. The highest BCUT2D eigenvalue weighted by atomic mass is 32.2. The lowest BCUT2D eigenvalue weighted by Crippen LogP contribution is -2.55. The molecule has 2 aromatic rings. The first-order chi connectivity index (χ1) is 21.5. The van der Waals surface area contributed by atoms with E-state index in [1.165, 1.54) is 11.4 Å². The maximum absolute atomic E-state index is 12.9. The quantitative estimate of drug-likeness (QED) is 0.227. The lowest BCUT2D eigenvalue weighted by atomic mass is 10.0. The standard InChI is InChI=1S/C32H39N5O7S/c1-23(2)30(32(39)40)34-45(41,42)37-16-14-36(15-17-37)27-9-6-24(7-10-27)4-5-25-8-11-29(28(20-25)31(38)35(3)22-33)44-21-26-12-18-43-19-13-26/h6-11,20,23,26,30,34H,12-19,21H2,1-3H3,(H,39,40)/t30-/m1/s1. The summed E-state index contributed by atoms with van der Waals surface area (Å²) in [6, 6.07) is 11.5. The molecule has 2 saturated heterocycles. The summed E-state index contributed by atoms with van der Waals surface area (Å²) in [4.78, 5) is 27.4. The average molecular weight is 638 g/mol. The van der Waals surface area contributed by atoms with E-state index in [9.17, 15) is 28.4 Å². The van der Waals surface area contributed by atoms with E-state index in [-0.39, 0.29) is 18.7 Å². The number of piperazine rings is 1. The second kappa shape index (κ2) is 15.2. The largest absolute Gasteiger partial charge is 0.492 e. The molecule has 2 aliphatic rings. The monoisotopic (exact) mass is 637 g/mol. The van der Waals surface area contributed by atoms with Crippen LogP contribution in [0.15, 0.2) is 42.5 Å². The molecule has 0 aliphatic carbocycles. The van der Waals surface area contributed by atoms with Crippen molar-refractivity contribution in [3.63, 3.8) is 0 Å². The molecule has 12 nitrogen and oxygen atoms in total. The maximum Gasteiger partial charge on any atom is 0.322 e. The fraction of sp³-hybridized carbons (Fsp3) is 0.469. The number of hydrogen-bond acceptors (Lipinski definition) is 8. The number of nitriles is 1. The number of benzene rings is 2. The second-order valence-electron chi connectivity index (χ2n) is 11.4. The Bertz CT molecular complexity index is 1560. The number of aliphatic carboxylic acids is 1. The molecule has 2 aliphatic heterocycles. The molecule has 0 unspecified atom stereocenters. The third kappa shape index (κ3) is 8.96. The fourth-order valence-corrected chi connectivity index (χ4v) is 6.53. The summed E-state index contributed by atoms with van der Waals surface area (Å²) < 4.78 is 40.6. The van der Waals surface area contributed by atoms with Crippen molar-refractivity contribution in [1.29, 1.82) is 5.26 Å². The first-order valence-electron chi connectivity index (χ1n) is 14.9. The number of carboxylic acids is 1. The van der Waals surface area contributed by atoms with E-state index in [0.717, 1.165) is 29.0 Å². The predicted molar refractivity (Wildman–Crippen MR) is 168 cm³/mol. The minimum absolute atomic E-state index is 0.220. The Morgan fingerprint density at radius 1 is 1.07 bits per heavy atom. The molecule has 240 valence electrons. The van der Waals surface area contributed by atoms with Gasteiger partial charge in [-0.05, 0) is 67.1 Å². The van der Waals surface area contributed by atoms with Crippen LogP contribution in [0.25, 0.3) is 0 Å². The van der Waals surface area contributed by atoms with Gasteiger partial charge in [0.15, 0.2) is 6.19 Å². The number of rotatable bonds is 10. The van der Waals surface area contributed by atoms with Gasteiger partial charge in [0.1, 0.15) is 11.8 Å². The molecule has 0 spiro atoms. The summed E-state index contributed by atoms with van der Waals surface area (Å²) in [5.41, 5.74) is 2.53. The van der Waals surface area contributed by atoms with Crippen LogP contribution in [-0.2, 0) is 19.7 Å². The van der Waals surface area contributed by atoms with Crippen LogP contribution >= 0.6 is 0 Å². The van der Waals surface area contributed by atoms with E-state index in [1.807, 2.05) is 30.5 Å². The van der Waals surface area contributed by atoms with E-state index in [4.69, 9.17) is 9.47 Å². The van der Waals surface area contributed by atoms with Crippen molar-refractivity contribution in [3.05, 3.63) is 59.2 Å². The Hall–Kier alpha value is -4.14. The van der Waals surface area contributed by atoms with Crippen molar-refractivity contribution < 1.29 is 32.6 Å². The molecule has 45 heavy (non-hydrogen) atoms. The van der Waals surface area contributed by atoms with Crippen LogP contribution in [0.2, 0.25) is 0 Å². The predicted octanol–water partition coefficient (Wildman–Crippen LogP) is 2.51. The van der Waals surface area contributed by atoms with Gasteiger partial charge in [-0.15, -0.1) is 0 Å². The van der Waals surface area contributed by atoms with Crippen molar-refractivity contribution in [2.24, 2.45) is 11.8 Å². The molecule has 0 aromatic heterocycles. The molecular formula is C32H39N5O7S. The van der Waals surface area contributed by atoms with Crippen molar-refractivity contribution in [3.8, 4) is 23.8 Å². The van der Waals surface area contributed by atoms with Gasteiger partial charge in [-0.2, -0.15) is 22.7 Å². The molecule has 1 atom stereocenters. The number of carbonyl (C=O) groups excluding carboxylic acids is 1. The van der Waals surface area contributed by atoms with Crippen molar-refractivity contribution in [1.82, 2.24) is 13.9 Å². The zero-order valence-electron chi connectivity index (χ0n) is 25.7. The fourth-order valence-electron chi connectivity index (χ4n) is 5.04. The molecule has 2 N–H and O–H groups in total. The normalized spacial score (nSPS) is 16.7. The highest BCUT2D eigenvalue weighted by Crippen LogP contribution is 2.25. The van der Waals surface area contributed by atoms with Crippen LogP contribution in [-0.4, -0.2) is 93.7 Å². The minimum atomic E-state index is -3.94. The van der Waals surface area contributed by atoms with Gasteiger partial charge >= 0.3 is 5.97 Å². The summed E-state index contributed by atoms with van der Waals surface area (Å²) in [5.74, 6) is 4.88. The molecule has 4 rings (SSSR count). The number of hydrogen-bond donors (Lipinski definition) is 2. The van der Waals surface area contributed by atoms with Crippen LogP contribution in [0.4, 0.5) is 5.69 Å². The lowest BCUT2D eigenvalue weighted by Gasteiger charge is -2.36. The topological polar surface area (TPSA) is 153 Å². The van der Waals surface area contributed by atoms with Crippen LogP contribution in [0, 0.1) is 35.1 Å². The summed E-state index contributed by atoms with van der Waals surface area (Å²) in [6.07, 6.45) is 3.64. The number of amides is 1. The number of carboxylic acid groups (broad SMARTS) is 1. The number of carbonyl (C=O) groups is 2. The SMILES string of the molecule is CC(C)[C@@H](NS(=O)(=O)N1CCN(c2ccc(C#Cc3ccc(OCC4CCOCC4)c(C(=O)N(C)C#N)c3)cc2)CC1)C(=O)O. The molecular weight excluding hydrogens is 598 g/mol. The first kappa shape index (κ1) is 33.7. The van der Waals surface area contributed by atoms with Crippen LogP contribution < -0.4 is 14.4 Å². The zero-order chi connectivity index (χ0) is 32.6. The second-order valence-corrected chi connectivity index (χ2v) is 13.1. The van der Waals surface area contributed by atoms with Crippen LogP contribution in [0.1, 0.15) is 48.2 Å². The van der Waals surface area contributed by atoms with Crippen LogP contribution in [0.5, 0.6) is 5.75 Å². The molecule has 0 bridgehead atoms. The molecule has 0 radical (unpaired) electrons. The van der Waals surface area contributed by atoms with E-state index in [0.29, 0.717) is 50.1 Å². The Morgan fingerprint density at radius 3 is 2.29 bits per heavy atom. The first-order valence-corrected chi connectivity index (χ1v) is 16.3. The molecule has 1 amide bonds. The van der Waals surface area contributed by atoms with Gasteiger partial charge in [-0.1, -0.05) is 25.7 Å². The molecule has 2 aromatic carbocycles. The highest BCUT2D eigenvalue weighted by Gasteiger charge is 2.33. The van der Waals surface area contributed by atoms with Crippen molar-refractivity contribution in [2.75, 3.05) is 57.9 Å². The average Bonchev–Trinajstić information content (AvgIpc) is 3.05. The molecule has 2 heterocycles. The Morgan fingerprint density at radius 2 is 1.69 bits per heavy atom. The van der Waals surface area contributed by atoms with Crippen LogP contribution in [0.3, 0.4) is 0 Å². The van der Waals surface area contributed by atoms with Gasteiger partial charge in [0.2, 0.25) is 0 Å². The molecule has 13 heteroatoms. The molecule has 2 fully saturated rings. The van der Waals surface area contributed by atoms with Gasteiger partial charge in [0.05, 0.1) is 12.2 Å². The lowest BCUT2D eigenvalue weighted by molar-refractivity contribution is -0.140. The van der Waals surface area contributed by atoms with Gasteiger partial charge in [-0.3, -0.25) is 9.59 Å².